The molecule has 1 aliphatic heterocycles. The molecule has 0 atom stereocenters. The second-order valence-corrected chi connectivity index (χ2v) is 5.84. The van der Waals surface area contributed by atoms with Crippen molar-refractivity contribution in [2.45, 2.75) is 0 Å². The van der Waals surface area contributed by atoms with Gasteiger partial charge in [0.05, 0.1) is 4.92 Å². The predicted octanol–water partition coefficient (Wildman–Crippen LogP) is 4.16. The second-order valence-electron chi connectivity index (χ2n) is 5.43. The Morgan fingerprint density at radius 3 is 2.67 bits per heavy atom. The van der Waals surface area contributed by atoms with Crippen molar-refractivity contribution in [3.63, 3.8) is 0 Å². The van der Waals surface area contributed by atoms with Gasteiger partial charge in [0.15, 0.2) is 5.70 Å². The Morgan fingerprint density at radius 1 is 1.26 bits per heavy atom. The Labute approximate surface area is 159 Å². The van der Waals surface area contributed by atoms with Crippen LogP contribution >= 0.6 is 11.6 Å². The molecule has 7 nitrogen and oxygen atoms in total. The van der Waals surface area contributed by atoms with Gasteiger partial charge in [-0.15, -0.1) is 0 Å². The van der Waals surface area contributed by atoms with Gasteiger partial charge in [-0.05, 0) is 35.9 Å². The minimum Gasteiger partial charge on any atom is -0.490 e. The van der Waals surface area contributed by atoms with E-state index in [4.69, 9.17) is 21.1 Å². The second kappa shape index (κ2) is 7.84. The standard InChI is InChI=1S/C19H13ClN2O5/c1-2-9-26-14-6-3-12(4-7-14)10-16-19(23)27-18(21-16)13-5-8-15(20)17(11-13)22(24)25/h2-8,10-11H,1,9H2/b16-10+. The van der Waals surface area contributed by atoms with E-state index in [1.165, 1.54) is 18.2 Å². The monoisotopic (exact) mass is 384 g/mol. The molecule has 0 N–H and O–H groups in total. The highest BCUT2D eigenvalue weighted by atomic mass is 35.5. The molecule has 3 rings (SSSR count). The molecule has 0 saturated carbocycles. The number of ether oxygens (including phenoxy) is 2. The van der Waals surface area contributed by atoms with Crippen LogP contribution < -0.4 is 4.74 Å². The van der Waals surface area contributed by atoms with Crippen molar-refractivity contribution in [1.29, 1.82) is 0 Å². The lowest BCUT2D eigenvalue weighted by Crippen LogP contribution is -2.06. The first-order valence-electron chi connectivity index (χ1n) is 7.78. The van der Waals surface area contributed by atoms with Gasteiger partial charge in [0, 0.05) is 11.6 Å². The number of halogens is 1. The average molecular weight is 385 g/mol. The van der Waals surface area contributed by atoms with E-state index < -0.39 is 10.9 Å². The molecule has 0 saturated heterocycles. The first-order chi connectivity index (χ1) is 13.0. The van der Waals surface area contributed by atoms with Crippen molar-refractivity contribution in [2.24, 2.45) is 4.99 Å². The summed E-state index contributed by atoms with van der Waals surface area (Å²) in [6.07, 6.45) is 3.19. The molecule has 0 unspecified atom stereocenters. The third-order valence-corrected chi connectivity index (χ3v) is 3.88. The molecule has 2 aromatic rings. The summed E-state index contributed by atoms with van der Waals surface area (Å²) in [5.41, 5.74) is 0.804. The SMILES string of the molecule is C=CCOc1ccc(/C=C2/N=C(c3ccc(Cl)c([N+](=O)[O-])c3)OC2=O)cc1. The third kappa shape index (κ3) is 4.21. The summed E-state index contributed by atoms with van der Waals surface area (Å²) in [6, 6.07) is 11.1. The molecule has 0 amide bonds. The number of hydrogen-bond acceptors (Lipinski definition) is 6. The smallest absolute Gasteiger partial charge is 0.363 e. The molecule has 1 aliphatic rings. The molecule has 0 bridgehead atoms. The van der Waals surface area contributed by atoms with Crippen LogP contribution in [-0.2, 0) is 9.53 Å². The molecule has 0 spiro atoms. The molecule has 1 heterocycles. The van der Waals surface area contributed by atoms with E-state index in [-0.39, 0.29) is 27.9 Å². The zero-order chi connectivity index (χ0) is 19.4. The summed E-state index contributed by atoms with van der Waals surface area (Å²) in [7, 11) is 0. The van der Waals surface area contributed by atoms with Crippen molar-refractivity contribution < 1.29 is 19.2 Å². The fraction of sp³-hybridized carbons (Fsp3) is 0.0526. The Kier molecular flexibility index (Phi) is 5.33. The van der Waals surface area contributed by atoms with Crippen molar-refractivity contribution in [2.75, 3.05) is 6.61 Å². The van der Waals surface area contributed by atoms with E-state index in [0.717, 1.165) is 5.56 Å². The third-order valence-electron chi connectivity index (χ3n) is 3.56. The van der Waals surface area contributed by atoms with Gasteiger partial charge >= 0.3 is 5.97 Å². The molecule has 2 aromatic carbocycles. The van der Waals surface area contributed by atoms with Gasteiger partial charge < -0.3 is 9.47 Å². The molecule has 0 aliphatic carbocycles. The molecule has 0 radical (unpaired) electrons. The van der Waals surface area contributed by atoms with Crippen LogP contribution in [0.15, 0.2) is 65.8 Å². The molecule has 27 heavy (non-hydrogen) atoms. The number of aliphatic imine (C=N–C) groups is 1. The summed E-state index contributed by atoms with van der Waals surface area (Å²) in [5, 5.41) is 11.0. The van der Waals surface area contributed by atoms with Crippen LogP contribution in [0.1, 0.15) is 11.1 Å². The molecule has 0 aromatic heterocycles. The highest BCUT2D eigenvalue weighted by molar-refractivity contribution is 6.32. The first kappa shape index (κ1) is 18.3. The van der Waals surface area contributed by atoms with Crippen molar-refractivity contribution >= 4 is 35.2 Å². The minimum absolute atomic E-state index is 0.0109. The van der Waals surface area contributed by atoms with E-state index in [1.807, 2.05) is 0 Å². The lowest BCUT2D eigenvalue weighted by molar-refractivity contribution is -0.384. The van der Waals surface area contributed by atoms with Crippen LogP contribution in [0.3, 0.4) is 0 Å². The van der Waals surface area contributed by atoms with Crippen LogP contribution in [0.2, 0.25) is 5.02 Å². The van der Waals surface area contributed by atoms with Crippen molar-refractivity contribution in [3.05, 3.63) is 87.1 Å². The Bertz CT molecular complexity index is 980. The highest BCUT2D eigenvalue weighted by Gasteiger charge is 2.26. The quantitative estimate of drug-likeness (QED) is 0.245. The van der Waals surface area contributed by atoms with Gasteiger partial charge in [-0.1, -0.05) is 36.4 Å². The maximum absolute atomic E-state index is 12.1. The van der Waals surface area contributed by atoms with Gasteiger partial charge in [-0.3, -0.25) is 10.1 Å². The number of carbonyl (C=O) groups is 1. The normalized spacial score (nSPS) is 14.6. The Hall–Kier alpha value is -3.45. The van der Waals surface area contributed by atoms with Crippen LogP contribution in [0, 0.1) is 10.1 Å². The summed E-state index contributed by atoms with van der Waals surface area (Å²) in [4.78, 5) is 26.6. The summed E-state index contributed by atoms with van der Waals surface area (Å²) < 4.78 is 10.5. The highest BCUT2D eigenvalue weighted by Crippen LogP contribution is 2.27. The number of hydrogen-bond donors (Lipinski definition) is 0. The topological polar surface area (TPSA) is 91.0 Å². The average Bonchev–Trinajstić information content (AvgIpc) is 3.02. The van der Waals surface area contributed by atoms with Crippen LogP contribution in [0.4, 0.5) is 5.69 Å². The summed E-state index contributed by atoms with van der Waals surface area (Å²) >= 11 is 5.79. The fourth-order valence-electron chi connectivity index (χ4n) is 2.29. The van der Waals surface area contributed by atoms with Crippen molar-refractivity contribution in [1.82, 2.24) is 0 Å². The fourth-order valence-corrected chi connectivity index (χ4v) is 2.48. The largest absolute Gasteiger partial charge is 0.490 e. The zero-order valence-electron chi connectivity index (χ0n) is 13.9. The van der Waals surface area contributed by atoms with Crippen LogP contribution in [0.25, 0.3) is 6.08 Å². The zero-order valence-corrected chi connectivity index (χ0v) is 14.7. The van der Waals surface area contributed by atoms with E-state index in [2.05, 4.69) is 11.6 Å². The molecule has 0 fully saturated rings. The maximum Gasteiger partial charge on any atom is 0.363 e. The summed E-state index contributed by atoms with van der Waals surface area (Å²) in [6.45, 7) is 3.97. The number of nitro benzene ring substituents is 1. The summed E-state index contributed by atoms with van der Waals surface area (Å²) in [5.74, 6) is 0.00949. The van der Waals surface area contributed by atoms with Crippen LogP contribution in [-0.4, -0.2) is 23.4 Å². The van der Waals surface area contributed by atoms with Crippen molar-refractivity contribution in [3.8, 4) is 5.75 Å². The molecular weight excluding hydrogens is 372 g/mol. The van der Waals surface area contributed by atoms with E-state index >= 15 is 0 Å². The number of esters is 1. The number of cyclic esters (lactones) is 1. The molecular formula is C19H13ClN2O5. The predicted molar refractivity (Wildman–Crippen MR) is 101 cm³/mol. The number of nitro groups is 1. The minimum atomic E-state index is -0.644. The number of rotatable bonds is 6. The Balaban J connectivity index is 1.85. The van der Waals surface area contributed by atoms with E-state index in [9.17, 15) is 14.9 Å². The maximum atomic E-state index is 12.1. The van der Waals surface area contributed by atoms with Gasteiger partial charge in [0.2, 0.25) is 5.90 Å². The Morgan fingerprint density at radius 2 is 2.00 bits per heavy atom. The lowest BCUT2D eigenvalue weighted by Gasteiger charge is -2.02. The van der Waals surface area contributed by atoms with Gasteiger partial charge in [-0.25, -0.2) is 9.79 Å². The number of carbonyl (C=O) groups excluding carboxylic acids is 1. The van der Waals surface area contributed by atoms with Gasteiger partial charge in [-0.2, -0.15) is 0 Å². The lowest BCUT2D eigenvalue weighted by atomic mass is 10.2. The van der Waals surface area contributed by atoms with Crippen LogP contribution in [0.5, 0.6) is 5.75 Å². The van der Waals surface area contributed by atoms with Gasteiger partial charge in [0.1, 0.15) is 17.4 Å². The number of benzene rings is 2. The molecule has 136 valence electrons. The number of nitrogens with zero attached hydrogens (tertiary/aromatic N) is 2. The molecule has 8 heteroatoms. The van der Waals surface area contributed by atoms with Gasteiger partial charge in [0.25, 0.3) is 5.69 Å². The van der Waals surface area contributed by atoms with E-state index in [0.29, 0.717) is 12.4 Å². The van der Waals surface area contributed by atoms with E-state index in [1.54, 1.807) is 36.4 Å². The first-order valence-corrected chi connectivity index (χ1v) is 8.16.